The van der Waals surface area contributed by atoms with Gasteiger partial charge < -0.3 is 4.90 Å². The number of hydrogen-bond acceptors (Lipinski definition) is 2. The van der Waals surface area contributed by atoms with Gasteiger partial charge in [-0.15, -0.1) is 11.8 Å². The summed E-state index contributed by atoms with van der Waals surface area (Å²) in [6.07, 6.45) is 2.60. The van der Waals surface area contributed by atoms with Crippen LogP contribution >= 0.6 is 11.8 Å². The van der Waals surface area contributed by atoms with E-state index in [9.17, 15) is 4.79 Å². The molecule has 2 nitrogen and oxygen atoms in total. The van der Waals surface area contributed by atoms with Gasteiger partial charge in [-0.3, -0.25) is 4.79 Å². The standard InChI is InChI=1S/C16H21NOS/c1-10-6-11(2)15(12(3)7-10)16-17(8-13-4-5-13)14(18)9-19-16/h6-7,13,16H,4-5,8-9H2,1-3H3. The minimum Gasteiger partial charge on any atom is -0.326 e. The SMILES string of the molecule is Cc1cc(C)c(C2SCC(=O)N2CC2CC2)c(C)c1. The van der Waals surface area contributed by atoms with Crippen LogP contribution in [0.1, 0.15) is 40.5 Å². The third kappa shape index (κ3) is 2.53. The zero-order valence-electron chi connectivity index (χ0n) is 11.9. The number of carbonyl (C=O) groups excluding carboxylic acids is 1. The van der Waals surface area contributed by atoms with Crippen molar-refractivity contribution < 1.29 is 4.79 Å². The van der Waals surface area contributed by atoms with Crippen LogP contribution in [0.4, 0.5) is 0 Å². The average Bonchev–Trinajstić information content (AvgIpc) is 3.06. The van der Waals surface area contributed by atoms with Gasteiger partial charge in [0.15, 0.2) is 0 Å². The Bertz CT molecular complexity index is 498. The van der Waals surface area contributed by atoms with E-state index in [1.54, 1.807) is 11.8 Å². The zero-order valence-corrected chi connectivity index (χ0v) is 12.7. The zero-order chi connectivity index (χ0) is 13.6. The van der Waals surface area contributed by atoms with E-state index < -0.39 is 0 Å². The molecule has 19 heavy (non-hydrogen) atoms. The Balaban J connectivity index is 1.93. The minimum atomic E-state index is 0.244. The topological polar surface area (TPSA) is 20.3 Å². The quantitative estimate of drug-likeness (QED) is 0.840. The Morgan fingerprint density at radius 1 is 1.21 bits per heavy atom. The molecule has 2 aliphatic rings. The fraction of sp³-hybridized carbons (Fsp3) is 0.562. The van der Waals surface area contributed by atoms with Crippen LogP contribution in [0.3, 0.4) is 0 Å². The summed E-state index contributed by atoms with van der Waals surface area (Å²) < 4.78 is 0. The van der Waals surface area contributed by atoms with E-state index in [0.717, 1.165) is 12.5 Å². The normalized spacial score (nSPS) is 23.2. The fourth-order valence-electron chi connectivity index (χ4n) is 3.05. The first-order chi connectivity index (χ1) is 9.06. The van der Waals surface area contributed by atoms with E-state index in [1.165, 1.54) is 35.1 Å². The van der Waals surface area contributed by atoms with Gasteiger partial charge in [-0.05, 0) is 56.2 Å². The third-order valence-corrected chi connectivity index (χ3v) is 5.32. The van der Waals surface area contributed by atoms with E-state index in [4.69, 9.17) is 0 Å². The first-order valence-corrected chi connectivity index (χ1v) is 8.10. The fourth-order valence-corrected chi connectivity index (χ4v) is 4.44. The molecule has 0 aromatic heterocycles. The van der Waals surface area contributed by atoms with Crippen molar-refractivity contribution in [3.8, 4) is 0 Å². The van der Waals surface area contributed by atoms with E-state index >= 15 is 0 Å². The molecule has 1 aliphatic carbocycles. The summed E-state index contributed by atoms with van der Waals surface area (Å²) in [6.45, 7) is 7.45. The van der Waals surface area contributed by atoms with Gasteiger partial charge in [0, 0.05) is 6.54 Å². The Hall–Kier alpha value is -0.960. The summed E-state index contributed by atoms with van der Waals surface area (Å²) in [4.78, 5) is 14.2. The molecule has 0 radical (unpaired) electrons. The summed E-state index contributed by atoms with van der Waals surface area (Å²) >= 11 is 1.79. The van der Waals surface area contributed by atoms with E-state index in [1.807, 2.05) is 0 Å². The van der Waals surface area contributed by atoms with Gasteiger partial charge in [0.1, 0.15) is 5.37 Å². The average molecular weight is 275 g/mol. The maximum absolute atomic E-state index is 12.1. The van der Waals surface area contributed by atoms with Crippen molar-refractivity contribution in [1.82, 2.24) is 4.90 Å². The number of rotatable bonds is 3. The van der Waals surface area contributed by atoms with Gasteiger partial charge >= 0.3 is 0 Å². The molecule has 102 valence electrons. The number of aryl methyl sites for hydroxylation is 3. The lowest BCUT2D eigenvalue weighted by Crippen LogP contribution is -2.30. The molecule has 1 unspecified atom stereocenters. The molecule has 3 rings (SSSR count). The number of hydrogen-bond donors (Lipinski definition) is 0. The second-order valence-corrected chi connectivity index (χ2v) is 7.03. The highest BCUT2D eigenvalue weighted by Gasteiger charge is 2.37. The number of amides is 1. The van der Waals surface area contributed by atoms with Crippen LogP contribution in [0.15, 0.2) is 12.1 Å². The Morgan fingerprint density at radius 2 is 1.84 bits per heavy atom. The summed E-state index contributed by atoms with van der Waals surface area (Å²) in [6, 6.07) is 4.47. The Labute approximate surface area is 119 Å². The first kappa shape index (κ1) is 13.0. The van der Waals surface area contributed by atoms with Crippen LogP contribution in [0.5, 0.6) is 0 Å². The summed E-state index contributed by atoms with van der Waals surface area (Å²) in [5, 5.41) is 0.244. The van der Waals surface area contributed by atoms with Crippen molar-refractivity contribution in [3.05, 3.63) is 34.4 Å². The number of benzene rings is 1. The lowest BCUT2D eigenvalue weighted by atomic mass is 9.99. The number of carbonyl (C=O) groups is 1. The third-order valence-electron chi connectivity index (χ3n) is 4.10. The molecule has 1 aromatic carbocycles. The summed E-state index contributed by atoms with van der Waals surface area (Å²) in [7, 11) is 0. The second kappa shape index (κ2) is 4.86. The molecule has 1 saturated heterocycles. The van der Waals surface area contributed by atoms with Crippen LogP contribution in [0, 0.1) is 26.7 Å². The van der Waals surface area contributed by atoms with Crippen molar-refractivity contribution in [2.45, 2.75) is 39.0 Å². The van der Waals surface area contributed by atoms with Gasteiger partial charge in [0.05, 0.1) is 5.75 Å². The molecule has 1 heterocycles. The van der Waals surface area contributed by atoms with Crippen molar-refractivity contribution in [2.24, 2.45) is 5.92 Å². The molecular formula is C16H21NOS. The second-order valence-electron chi connectivity index (χ2n) is 5.97. The van der Waals surface area contributed by atoms with Crippen LogP contribution in [-0.4, -0.2) is 23.1 Å². The number of thioether (sulfide) groups is 1. The molecule has 1 atom stereocenters. The molecule has 0 spiro atoms. The Kier molecular flexibility index (Phi) is 3.34. The van der Waals surface area contributed by atoms with Crippen LogP contribution in [0.2, 0.25) is 0 Å². The lowest BCUT2D eigenvalue weighted by Gasteiger charge is -2.27. The molecule has 1 saturated carbocycles. The smallest absolute Gasteiger partial charge is 0.233 e. The highest BCUT2D eigenvalue weighted by atomic mass is 32.2. The van der Waals surface area contributed by atoms with Crippen LogP contribution < -0.4 is 0 Å². The monoisotopic (exact) mass is 275 g/mol. The predicted molar refractivity (Wildman–Crippen MR) is 80.3 cm³/mol. The van der Waals surface area contributed by atoms with Crippen LogP contribution in [-0.2, 0) is 4.79 Å². The van der Waals surface area contributed by atoms with Crippen molar-refractivity contribution >= 4 is 17.7 Å². The first-order valence-electron chi connectivity index (χ1n) is 7.05. The van der Waals surface area contributed by atoms with Gasteiger partial charge in [-0.2, -0.15) is 0 Å². The van der Waals surface area contributed by atoms with Crippen molar-refractivity contribution in [2.75, 3.05) is 12.3 Å². The lowest BCUT2D eigenvalue weighted by molar-refractivity contribution is -0.128. The van der Waals surface area contributed by atoms with Crippen LogP contribution in [0.25, 0.3) is 0 Å². The highest BCUT2D eigenvalue weighted by Crippen LogP contribution is 2.44. The maximum Gasteiger partial charge on any atom is 0.233 e. The van der Waals surface area contributed by atoms with E-state index in [2.05, 4.69) is 37.8 Å². The van der Waals surface area contributed by atoms with Gasteiger partial charge in [-0.25, -0.2) is 0 Å². The Morgan fingerprint density at radius 3 is 2.42 bits per heavy atom. The minimum absolute atomic E-state index is 0.244. The molecule has 1 amide bonds. The molecule has 0 bridgehead atoms. The van der Waals surface area contributed by atoms with Gasteiger partial charge in [0.2, 0.25) is 5.91 Å². The summed E-state index contributed by atoms with van der Waals surface area (Å²) in [5.41, 5.74) is 5.32. The van der Waals surface area contributed by atoms with Gasteiger partial charge in [0.25, 0.3) is 0 Å². The van der Waals surface area contributed by atoms with Gasteiger partial charge in [-0.1, -0.05) is 17.7 Å². The molecule has 3 heteroatoms. The molecule has 1 aliphatic heterocycles. The van der Waals surface area contributed by atoms with E-state index in [-0.39, 0.29) is 5.37 Å². The van der Waals surface area contributed by atoms with E-state index in [0.29, 0.717) is 11.7 Å². The number of nitrogens with zero attached hydrogens (tertiary/aromatic N) is 1. The molecule has 1 aromatic rings. The molecule has 2 fully saturated rings. The molecular weight excluding hydrogens is 254 g/mol. The highest BCUT2D eigenvalue weighted by molar-refractivity contribution is 8.00. The van der Waals surface area contributed by atoms with Crippen molar-refractivity contribution in [1.29, 1.82) is 0 Å². The molecule has 0 N–H and O–H groups in total. The largest absolute Gasteiger partial charge is 0.326 e. The summed E-state index contributed by atoms with van der Waals surface area (Å²) in [5.74, 6) is 1.72. The van der Waals surface area contributed by atoms with Crippen molar-refractivity contribution in [3.63, 3.8) is 0 Å². The maximum atomic E-state index is 12.1. The predicted octanol–water partition coefficient (Wildman–Crippen LogP) is 3.60.